The summed E-state index contributed by atoms with van der Waals surface area (Å²) < 4.78 is 32.9. The van der Waals surface area contributed by atoms with Crippen LogP contribution in [0, 0.1) is 0 Å². The van der Waals surface area contributed by atoms with E-state index in [4.69, 9.17) is 4.74 Å². The van der Waals surface area contributed by atoms with Crippen molar-refractivity contribution in [2.24, 2.45) is 0 Å². The molecule has 1 saturated heterocycles. The van der Waals surface area contributed by atoms with Crippen LogP contribution in [0.4, 0.5) is 0 Å². The molecule has 8 heteroatoms. The number of carbonyl (C=O) groups is 1. The van der Waals surface area contributed by atoms with Gasteiger partial charge in [-0.05, 0) is 48.2 Å². The maximum absolute atomic E-state index is 13.1. The number of amides is 1. The topological polar surface area (TPSA) is 88.6 Å². The minimum absolute atomic E-state index is 0.125. The van der Waals surface area contributed by atoms with E-state index in [2.05, 4.69) is 10.3 Å². The van der Waals surface area contributed by atoms with Gasteiger partial charge in [-0.15, -0.1) is 0 Å². The highest BCUT2D eigenvalue weighted by Gasteiger charge is 2.28. The number of ether oxygens (including phenoxy) is 1. The van der Waals surface area contributed by atoms with E-state index in [9.17, 15) is 13.2 Å². The lowest BCUT2D eigenvalue weighted by molar-refractivity contribution is -0.116. The molecule has 0 spiro atoms. The monoisotopic (exact) mass is 415 g/mol. The van der Waals surface area contributed by atoms with Crippen molar-refractivity contribution in [1.29, 1.82) is 0 Å². The summed E-state index contributed by atoms with van der Waals surface area (Å²) in [5.41, 5.74) is 1.51. The molecule has 0 aliphatic carbocycles. The van der Waals surface area contributed by atoms with Crippen LogP contribution < -0.4 is 10.1 Å². The number of nitrogens with one attached hydrogen (secondary N) is 1. The second-order valence-corrected chi connectivity index (χ2v) is 8.69. The number of sulfonamides is 1. The van der Waals surface area contributed by atoms with Gasteiger partial charge in [-0.3, -0.25) is 9.78 Å². The standard InChI is InChI=1S/C21H25N3O4S/c1-28-19-9-7-17(8-10-21(25)23-16-18-6-5-11-22-15-18)14-20(19)29(26,27)24-12-3-2-4-13-24/h5-11,14-15H,2-4,12-13,16H2,1H3,(H,23,25). The van der Waals surface area contributed by atoms with Crippen LogP contribution in [0.3, 0.4) is 0 Å². The summed E-state index contributed by atoms with van der Waals surface area (Å²) >= 11 is 0. The Morgan fingerprint density at radius 2 is 2.03 bits per heavy atom. The van der Waals surface area contributed by atoms with E-state index >= 15 is 0 Å². The first kappa shape index (κ1) is 21.0. The summed E-state index contributed by atoms with van der Waals surface area (Å²) in [5.74, 6) is 0.0267. The molecule has 2 heterocycles. The molecule has 0 saturated carbocycles. The zero-order valence-electron chi connectivity index (χ0n) is 16.4. The van der Waals surface area contributed by atoms with Gasteiger partial charge in [0.15, 0.2) is 0 Å². The van der Waals surface area contributed by atoms with Gasteiger partial charge in [0.25, 0.3) is 0 Å². The Bertz CT molecular complexity index is 969. The number of pyridine rings is 1. The molecule has 1 N–H and O–H groups in total. The van der Waals surface area contributed by atoms with E-state index in [0.29, 0.717) is 30.9 Å². The van der Waals surface area contributed by atoms with Crippen LogP contribution in [-0.4, -0.2) is 43.8 Å². The molecular formula is C21H25N3O4S. The molecule has 1 aliphatic heterocycles. The summed E-state index contributed by atoms with van der Waals surface area (Å²) in [6.45, 7) is 1.40. The fourth-order valence-electron chi connectivity index (χ4n) is 3.17. The maximum Gasteiger partial charge on any atom is 0.246 e. The number of hydrogen-bond donors (Lipinski definition) is 1. The summed E-state index contributed by atoms with van der Waals surface area (Å²) in [7, 11) is -2.19. The highest BCUT2D eigenvalue weighted by atomic mass is 32.2. The summed E-state index contributed by atoms with van der Waals surface area (Å²) in [6.07, 6.45) is 9.09. The van der Waals surface area contributed by atoms with Gasteiger partial charge in [0.2, 0.25) is 15.9 Å². The Morgan fingerprint density at radius 1 is 1.24 bits per heavy atom. The largest absolute Gasteiger partial charge is 0.495 e. The molecule has 1 amide bonds. The molecule has 0 atom stereocenters. The molecule has 3 rings (SSSR count). The van der Waals surface area contributed by atoms with Crippen molar-refractivity contribution >= 4 is 22.0 Å². The zero-order chi connectivity index (χ0) is 20.7. The Balaban J connectivity index is 1.74. The molecule has 1 aromatic heterocycles. The van der Waals surface area contributed by atoms with E-state index in [1.807, 2.05) is 6.07 Å². The second kappa shape index (κ2) is 9.67. The van der Waals surface area contributed by atoms with Crippen molar-refractivity contribution in [1.82, 2.24) is 14.6 Å². The van der Waals surface area contributed by atoms with E-state index < -0.39 is 10.0 Å². The van der Waals surface area contributed by atoms with Crippen molar-refractivity contribution in [3.8, 4) is 5.75 Å². The molecule has 2 aromatic rings. The quantitative estimate of drug-likeness (QED) is 0.702. The van der Waals surface area contributed by atoms with Gasteiger partial charge in [0.1, 0.15) is 10.6 Å². The predicted octanol–water partition coefficient (Wildman–Crippen LogP) is 2.59. The molecule has 7 nitrogen and oxygen atoms in total. The molecule has 0 unspecified atom stereocenters. The molecule has 1 fully saturated rings. The van der Waals surface area contributed by atoms with Crippen LogP contribution in [0.2, 0.25) is 0 Å². The van der Waals surface area contributed by atoms with Gasteiger partial charge < -0.3 is 10.1 Å². The van der Waals surface area contributed by atoms with Gasteiger partial charge in [-0.2, -0.15) is 4.31 Å². The number of piperidine rings is 1. The SMILES string of the molecule is COc1ccc(C=CC(=O)NCc2cccnc2)cc1S(=O)(=O)N1CCCCC1. The van der Waals surface area contributed by atoms with E-state index in [1.54, 1.807) is 42.7 Å². The first-order valence-electron chi connectivity index (χ1n) is 9.54. The summed E-state index contributed by atoms with van der Waals surface area (Å²) in [4.78, 5) is 16.2. The van der Waals surface area contributed by atoms with Crippen LogP contribution in [0.25, 0.3) is 6.08 Å². The predicted molar refractivity (Wildman–Crippen MR) is 111 cm³/mol. The van der Waals surface area contributed by atoms with Crippen molar-refractivity contribution in [2.75, 3.05) is 20.2 Å². The van der Waals surface area contributed by atoms with Crippen LogP contribution >= 0.6 is 0 Å². The lowest BCUT2D eigenvalue weighted by atomic mass is 10.2. The Hall–Kier alpha value is -2.71. The third-order valence-corrected chi connectivity index (χ3v) is 6.66. The number of nitrogens with zero attached hydrogens (tertiary/aromatic N) is 2. The lowest BCUT2D eigenvalue weighted by Crippen LogP contribution is -2.35. The van der Waals surface area contributed by atoms with Crippen molar-refractivity contribution in [3.05, 3.63) is 59.9 Å². The molecule has 0 bridgehead atoms. The van der Waals surface area contributed by atoms with Crippen molar-refractivity contribution in [3.63, 3.8) is 0 Å². The first-order valence-corrected chi connectivity index (χ1v) is 11.0. The molecule has 0 radical (unpaired) electrons. The van der Waals surface area contributed by atoms with Crippen molar-refractivity contribution in [2.45, 2.75) is 30.7 Å². The van der Waals surface area contributed by atoms with Gasteiger partial charge in [0.05, 0.1) is 7.11 Å². The number of methoxy groups -OCH3 is 1. The third kappa shape index (κ3) is 5.42. The number of carbonyl (C=O) groups excluding carboxylic acids is 1. The van der Waals surface area contributed by atoms with E-state index in [-0.39, 0.29) is 10.8 Å². The Kier molecular flexibility index (Phi) is 7.00. The average molecular weight is 416 g/mol. The normalized spacial score (nSPS) is 15.3. The third-order valence-electron chi connectivity index (χ3n) is 4.74. The first-order chi connectivity index (χ1) is 14.0. The van der Waals surface area contributed by atoms with Crippen LogP contribution in [0.5, 0.6) is 5.75 Å². The average Bonchev–Trinajstić information content (AvgIpc) is 2.77. The van der Waals surface area contributed by atoms with E-state index in [1.165, 1.54) is 17.5 Å². The fourth-order valence-corrected chi connectivity index (χ4v) is 4.87. The zero-order valence-corrected chi connectivity index (χ0v) is 17.2. The minimum Gasteiger partial charge on any atom is -0.495 e. The Morgan fingerprint density at radius 3 is 2.72 bits per heavy atom. The summed E-state index contributed by atoms with van der Waals surface area (Å²) in [5, 5.41) is 2.77. The van der Waals surface area contributed by atoms with Crippen LogP contribution in [-0.2, 0) is 21.4 Å². The van der Waals surface area contributed by atoms with Gasteiger partial charge in [-0.25, -0.2) is 8.42 Å². The molecular weight excluding hydrogens is 390 g/mol. The Labute approximate surface area is 171 Å². The second-order valence-electron chi connectivity index (χ2n) is 6.79. The summed E-state index contributed by atoms with van der Waals surface area (Å²) in [6, 6.07) is 8.56. The molecule has 29 heavy (non-hydrogen) atoms. The van der Waals surface area contributed by atoms with Crippen LogP contribution in [0.1, 0.15) is 30.4 Å². The lowest BCUT2D eigenvalue weighted by Gasteiger charge is -2.26. The fraction of sp³-hybridized carbons (Fsp3) is 0.333. The number of benzene rings is 1. The van der Waals surface area contributed by atoms with Gasteiger partial charge in [-0.1, -0.05) is 18.6 Å². The number of hydrogen-bond acceptors (Lipinski definition) is 5. The van der Waals surface area contributed by atoms with Crippen molar-refractivity contribution < 1.29 is 17.9 Å². The van der Waals surface area contributed by atoms with Gasteiger partial charge in [0, 0.05) is 38.1 Å². The molecule has 1 aliphatic rings. The molecule has 154 valence electrons. The maximum atomic E-state index is 13.1. The highest BCUT2D eigenvalue weighted by Crippen LogP contribution is 2.29. The van der Waals surface area contributed by atoms with Gasteiger partial charge >= 0.3 is 0 Å². The smallest absolute Gasteiger partial charge is 0.246 e. The number of aromatic nitrogens is 1. The van der Waals surface area contributed by atoms with E-state index in [0.717, 1.165) is 24.8 Å². The van der Waals surface area contributed by atoms with Crippen LogP contribution in [0.15, 0.2) is 53.7 Å². The molecule has 1 aromatic carbocycles. The highest BCUT2D eigenvalue weighted by molar-refractivity contribution is 7.89. The minimum atomic E-state index is -3.65. The number of rotatable bonds is 7.